The van der Waals surface area contributed by atoms with Crippen LogP contribution in [0.1, 0.15) is 25.8 Å². The van der Waals surface area contributed by atoms with Gasteiger partial charge in [0.25, 0.3) is 0 Å². The first-order chi connectivity index (χ1) is 11.9. The molecule has 1 amide bonds. The van der Waals surface area contributed by atoms with Crippen LogP contribution in [-0.4, -0.2) is 42.1 Å². The Balaban J connectivity index is 2.24. The van der Waals surface area contributed by atoms with Crippen LogP contribution < -0.4 is 4.74 Å². The summed E-state index contributed by atoms with van der Waals surface area (Å²) in [7, 11) is 1.62. The van der Waals surface area contributed by atoms with Crippen molar-refractivity contribution in [1.29, 1.82) is 0 Å². The van der Waals surface area contributed by atoms with Gasteiger partial charge in [-0.05, 0) is 34.4 Å². The molecule has 5 heteroatoms. The Morgan fingerprint density at radius 2 is 1.96 bits per heavy atom. The van der Waals surface area contributed by atoms with E-state index in [0.29, 0.717) is 6.54 Å². The Labute approximate surface area is 148 Å². The summed E-state index contributed by atoms with van der Waals surface area (Å²) >= 11 is 0. The first kappa shape index (κ1) is 18.8. The molecule has 0 aliphatic heterocycles. The summed E-state index contributed by atoms with van der Waals surface area (Å²) in [6, 6.07) is 11.7. The SMILES string of the molecule is COc1ccc2cccc(CC(=O)N(CCC(=O)O)CC(C)C)c2c1. The highest BCUT2D eigenvalue weighted by atomic mass is 16.5. The van der Waals surface area contributed by atoms with Gasteiger partial charge in [-0.2, -0.15) is 0 Å². The van der Waals surface area contributed by atoms with Crippen LogP contribution in [0, 0.1) is 5.92 Å². The number of carbonyl (C=O) groups is 2. The normalized spacial score (nSPS) is 10.9. The average molecular weight is 343 g/mol. The second-order valence-corrected chi connectivity index (χ2v) is 6.56. The fourth-order valence-electron chi connectivity index (χ4n) is 2.86. The maximum atomic E-state index is 12.8. The van der Waals surface area contributed by atoms with Crippen LogP contribution in [0.2, 0.25) is 0 Å². The highest BCUT2D eigenvalue weighted by molar-refractivity contribution is 5.91. The number of amides is 1. The molecule has 0 fully saturated rings. The van der Waals surface area contributed by atoms with E-state index in [-0.39, 0.29) is 31.2 Å². The lowest BCUT2D eigenvalue weighted by Crippen LogP contribution is -2.37. The highest BCUT2D eigenvalue weighted by Gasteiger charge is 2.17. The van der Waals surface area contributed by atoms with Crippen LogP contribution in [0.25, 0.3) is 10.8 Å². The van der Waals surface area contributed by atoms with Crippen LogP contribution in [-0.2, 0) is 16.0 Å². The van der Waals surface area contributed by atoms with Gasteiger partial charge in [0.1, 0.15) is 5.75 Å². The summed E-state index contributed by atoms with van der Waals surface area (Å²) in [5.74, 6) is 0.0874. The number of hydrogen-bond donors (Lipinski definition) is 1. The number of fused-ring (bicyclic) bond motifs is 1. The predicted octanol–water partition coefficient (Wildman–Crippen LogP) is 3.35. The van der Waals surface area contributed by atoms with Crippen molar-refractivity contribution >= 4 is 22.6 Å². The number of aliphatic carboxylic acids is 1. The first-order valence-electron chi connectivity index (χ1n) is 8.46. The van der Waals surface area contributed by atoms with Gasteiger partial charge in [-0.25, -0.2) is 0 Å². The Kier molecular flexibility index (Phi) is 6.39. The molecule has 0 radical (unpaired) electrons. The minimum atomic E-state index is -0.892. The summed E-state index contributed by atoms with van der Waals surface area (Å²) < 4.78 is 5.29. The summed E-state index contributed by atoms with van der Waals surface area (Å²) in [5, 5.41) is 10.9. The standard InChI is InChI=1S/C20H25NO4/c1-14(2)13-21(10-9-20(23)24)19(22)11-16-6-4-5-15-7-8-17(25-3)12-18(15)16/h4-8,12,14H,9-11,13H2,1-3H3,(H,23,24). The molecule has 0 heterocycles. The molecule has 1 N–H and O–H groups in total. The lowest BCUT2D eigenvalue weighted by atomic mass is 10.0. The van der Waals surface area contributed by atoms with E-state index in [0.717, 1.165) is 22.1 Å². The van der Waals surface area contributed by atoms with E-state index in [9.17, 15) is 9.59 Å². The molecule has 0 aromatic heterocycles. The molecule has 2 aromatic rings. The maximum Gasteiger partial charge on any atom is 0.305 e. The van der Waals surface area contributed by atoms with Crippen molar-refractivity contribution in [2.24, 2.45) is 5.92 Å². The molecular weight excluding hydrogens is 318 g/mol. The smallest absolute Gasteiger partial charge is 0.305 e. The van der Waals surface area contributed by atoms with Gasteiger partial charge in [-0.1, -0.05) is 38.1 Å². The molecule has 0 saturated carbocycles. The highest BCUT2D eigenvalue weighted by Crippen LogP contribution is 2.25. The zero-order chi connectivity index (χ0) is 18.4. The van der Waals surface area contributed by atoms with E-state index >= 15 is 0 Å². The number of carboxylic acid groups (broad SMARTS) is 1. The molecule has 0 unspecified atom stereocenters. The number of nitrogens with zero attached hydrogens (tertiary/aromatic N) is 1. The second-order valence-electron chi connectivity index (χ2n) is 6.56. The summed E-state index contributed by atoms with van der Waals surface area (Å²) in [6.07, 6.45) is 0.207. The van der Waals surface area contributed by atoms with Crippen molar-refractivity contribution in [2.45, 2.75) is 26.7 Å². The number of hydrogen-bond acceptors (Lipinski definition) is 3. The van der Waals surface area contributed by atoms with Crippen molar-refractivity contribution in [3.63, 3.8) is 0 Å². The monoisotopic (exact) mass is 343 g/mol. The van der Waals surface area contributed by atoms with Gasteiger partial charge in [-0.15, -0.1) is 0 Å². The third-order valence-electron chi connectivity index (χ3n) is 4.06. The number of carboxylic acids is 1. The molecular formula is C20H25NO4. The fraction of sp³-hybridized carbons (Fsp3) is 0.400. The fourth-order valence-corrected chi connectivity index (χ4v) is 2.86. The van der Waals surface area contributed by atoms with E-state index in [1.165, 1.54) is 0 Å². The van der Waals surface area contributed by atoms with Gasteiger partial charge in [0.2, 0.25) is 5.91 Å². The van der Waals surface area contributed by atoms with Crippen molar-refractivity contribution in [3.8, 4) is 5.75 Å². The van der Waals surface area contributed by atoms with Crippen molar-refractivity contribution in [3.05, 3.63) is 42.0 Å². The Morgan fingerprint density at radius 3 is 2.60 bits per heavy atom. The summed E-state index contributed by atoms with van der Waals surface area (Å²) in [4.78, 5) is 25.3. The zero-order valence-electron chi connectivity index (χ0n) is 15.0. The Bertz CT molecular complexity index is 754. The van der Waals surface area contributed by atoms with Crippen LogP contribution in [0.4, 0.5) is 0 Å². The molecule has 134 valence electrons. The van der Waals surface area contributed by atoms with E-state index in [2.05, 4.69) is 0 Å². The number of carbonyl (C=O) groups excluding carboxylic acids is 1. The van der Waals surface area contributed by atoms with Crippen molar-refractivity contribution in [2.75, 3.05) is 20.2 Å². The zero-order valence-corrected chi connectivity index (χ0v) is 15.0. The largest absolute Gasteiger partial charge is 0.497 e. The molecule has 0 bridgehead atoms. The minimum Gasteiger partial charge on any atom is -0.497 e. The van der Waals surface area contributed by atoms with Gasteiger partial charge >= 0.3 is 5.97 Å². The van der Waals surface area contributed by atoms with Gasteiger partial charge in [-0.3, -0.25) is 9.59 Å². The van der Waals surface area contributed by atoms with E-state index < -0.39 is 5.97 Å². The third kappa shape index (κ3) is 5.21. The maximum absolute atomic E-state index is 12.8. The first-order valence-corrected chi connectivity index (χ1v) is 8.46. The van der Waals surface area contributed by atoms with Crippen molar-refractivity contribution < 1.29 is 19.4 Å². The van der Waals surface area contributed by atoms with Gasteiger partial charge in [0.15, 0.2) is 0 Å². The van der Waals surface area contributed by atoms with Crippen LogP contribution in [0.5, 0.6) is 5.75 Å². The lowest BCUT2D eigenvalue weighted by Gasteiger charge is -2.24. The summed E-state index contributed by atoms with van der Waals surface area (Å²) in [5.41, 5.74) is 0.922. The van der Waals surface area contributed by atoms with Gasteiger partial charge in [0, 0.05) is 13.1 Å². The minimum absolute atomic E-state index is 0.0399. The van der Waals surface area contributed by atoms with E-state index in [4.69, 9.17) is 9.84 Å². The number of methoxy groups -OCH3 is 1. The van der Waals surface area contributed by atoms with Crippen LogP contribution in [0.15, 0.2) is 36.4 Å². The molecule has 0 aliphatic carbocycles. The predicted molar refractivity (Wildman–Crippen MR) is 97.9 cm³/mol. The molecule has 2 aromatic carbocycles. The summed E-state index contributed by atoms with van der Waals surface area (Å²) in [6.45, 7) is 4.83. The number of benzene rings is 2. The van der Waals surface area contributed by atoms with Crippen molar-refractivity contribution in [1.82, 2.24) is 4.90 Å². The molecule has 25 heavy (non-hydrogen) atoms. The quantitative estimate of drug-likeness (QED) is 0.798. The number of rotatable bonds is 8. The molecule has 5 nitrogen and oxygen atoms in total. The Hall–Kier alpha value is -2.56. The second kappa shape index (κ2) is 8.51. The van der Waals surface area contributed by atoms with E-state index in [1.54, 1.807) is 12.0 Å². The lowest BCUT2D eigenvalue weighted by molar-refractivity contribution is -0.138. The molecule has 0 saturated heterocycles. The third-order valence-corrected chi connectivity index (χ3v) is 4.06. The number of ether oxygens (including phenoxy) is 1. The van der Waals surface area contributed by atoms with Crippen LogP contribution in [0.3, 0.4) is 0 Å². The average Bonchev–Trinajstić information content (AvgIpc) is 2.58. The Morgan fingerprint density at radius 1 is 1.20 bits per heavy atom. The topological polar surface area (TPSA) is 66.8 Å². The molecule has 0 aliphatic rings. The van der Waals surface area contributed by atoms with Crippen LogP contribution >= 0.6 is 0 Å². The van der Waals surface area contributed by atoms with E-state index in [1.807, 2.05) is 50.2 Å². The molecule has 0 atom stereocenters. The molecule has 2 rings (SSSR count). The van der Waals surface area contributed by atoms with Gasteiger partial charge < -0.3 is 14.7 Å². The molecule has 0 spiro atoms. The van der Waals surface area contributed by atoms with Gasteiger partial charge in [0.05, 0.1) is 20.0 Å².